The van der Waals surface area contributed by atoms with Crippen molar-refractivity contribution in [2.75, 3.05) is 6.54 Å². The third-order valence-electron chi connectivity index (χ3n) is 2.54. The molecule has 1 rings (SSSR count). The number of rotatable bonds is 2. The number of nitrogens with two attached hydrogens (primary N) is 1. The van der Waals surface area contributed by atoms with Crippen LogP contribution in [0.5, 0.6) is 0 Å². The lowest BCUT2D eigenvalue weighted by atomic mass is 9.96. The Balaban J connectivity index is 3.26. The molecule has 0 atom stereocenters. The highest BCUT2D eigenvalue weighted by molar-refractivity contribution is 5.99. The van der Waals surface area contributed by atoms with Gasteiger partial charge >= 0.3 is 0 Å². The molecule has 0 heterocycles. The van der Waals surface area contributed by atoms with Crippen molar-refractivity contribution in [2.24, 2.45) is 5.73 Å². The summed E-state index contributed by atoms with van der Waals surface area (Å²) in [5, 5.41) is 0. The van der Waals surface area contributed by atoms with Crippen LogP contribution >= 0.6 is 0 Å². The van der Waals surface area contributed by atoms with Crippen LogP contribution in [0.25, 0.3) is 0 Å². The summed E-state index contributed by atoms with van der Waals surface area (Å²) in [5.74, 6) is 0.0144. The summed E-state index contributed by atoms with van der Waals surface area (Å²) in [6.07, 6.45) is 0. The molecule has 2 heteroatoms. The molecule has 0 bridgehead atoms. The van der Waals surface area contributed by atoms with Gasteiger partial charge in [0.25, 0.3) is 0 Å². The molecule has 0 spiro atoms. The van der Waals surface area contributed by atoms with Crippen LogP contribution in [0.4, 0.5) is 0 Å². The van der Waals surface area contributed by atoms with E-state index in [1.807, 2.05) is 32.9 Å². The predicted octanol–water partition coefficient (Wildman–Crippen LogP) is 1.75. The van der Waals surface area contributed by atoms with E-state index in [0.29, 0.717) is 0 Å². The summed E-state index contributed by atoms with van der Waals surface area (Å²) in [7, 11) is 0. The normalized spacial score (nSPS) is 10.2. The molecule has 13 heavy (non-hydrogen) atoms. The van der Waals surface area contributed by atoms with Crippen molar-refractivity contribution < 1.29 is 4.79 Å². The quantitative estimate of drug-likeness (QED) is 0.699. The average Bonchev–Trinajstić information content (AvgIpc) is 2.13. The zero-order valence-corrected chi connectivity index (χ0v) is 8.35. The van der Waals surface area contributed by atoms with Crippen molar-refractivity contribution in [1.29, 1.82) is 0 Å². The number of Topliss-reactive ketones (excluding diaryl/α,β-unsaturated/α-hetero) is 1. The van der Waals surface area contributed by atoms with Crippen molar-refractivity contribution in [2.45, 2.75) is 20.8 Å². The highest BCUT2D eigenvalue weighted by atomic mass is 16.1. The average molecular weight is 177 g/mol. The minimum atomic E-state index is 0.0144. The third kappa shape index (κ3) is 1.78. The van der Waals surface area contributed by atoms with Gasteiger partial charge in [0.05, 0.1) is 6.54 Å². The molecule has 0 aliphatic heterocycles. The Labute approximate surface area is 78.8 Å². The van der Waals surface area contributed by atoms with Gasteiger partial charge in [0, 0.05) is 5.56 Å². The van der Waals surface area contributed by atoms with Crippen LogP contribution in [0.2, 0.25) is 0 Å². The molecule has 0 fully saturated rings. The number of carbonyl (C=O) groups excluding carboxylic acids is 1. The lowest BCUT2D eigenvalue weighted by Gasteiger charge is -2.08. The summed E-state index contributed by atoms with van der Waals surface area (Å²) in [4.78, 5) is 11.4. The summed E-state index contributed by atoms with van der Waals surface area (Å²) in [5.41, 5.74) is 9.51. The van der Waals surface area contributed by atoms with Gasteiger partial charge in [-0.05, 0) is 37.5 Å². The fourth-order valence-corrected chi connectivity index (χ4v) is 1.37. The van der Waals surface area contributed by atoms with Gasteiger partial charge in [-0.15, -0.1) is 0 Å². The van der Waals surface area contributed by atoms with Crippen LogP contribution < -0.4 is 5.73 Å². The second-order valence-electron chi connectivity index (χ2n) is 3.31. The Morgan fingerprint density at radius 1 is 1.23 bits per heavy atom. The largest absolute Gasteiger partial charge is 0.324 e. The van der Waals surface area contributed by atoms with Crippen molar-refractivity contribution in [3.05, 3.63) is 34.4 Å². The first-order valence-electron chi connectivity index (χ1n) is 4.38. The molecule has 1 aromatic rings. The van der Waals surface area contributed by atoms with E-state index in [1.54, 1.807) is 0 Å². The first-order valence-corrected chi connectivity index (χ1v) is 4.38. The highest BCUT2D eigenvalue weighted by Crippen LogP contribution is 2.17. The lowest BCUT2D eigenvalue weighted by molar-refractivity contribution is 0.100. The zero-order valence-electron chi connectivity index (χ0n) is 8.35. The van der Waals surface area contributed by atoms with E-state index < -0.39 is 0 Å². The number of aryl methyl sites for hydroxylation is 1. The number of ketones is 1. The maximum absolute atomic E-state index is 11.4. The highest BCUT2D eigenvalue weighted by Gasteiger charge is 2.09. The van der Waals surface area contributed by atoms with Gasteiger partial charge in [0.2, 0.25) is 0 Å². The molecule has 0 amide bonds. The van der Waals surface area contributed by atoms with E-state index in [1.165, 1.54) is 11.1 Å². The van der Waals surface area contributed by atoms with E-state index in [4.69, 9.17) is 5.73 Å². The standard InChI is InChI=1S/C11H15NO/c1-7-4-5-10(11(13)6-12)9(3)8(7)2/h4-5H,6,12H2,1-3H3. The Morgan fingerprint density at radius 2 is 1.85 bits per heavy atom. The first-order chi connectivity index (χ1) is 6.07. The van der Waals surface area contributed by atoms with Crippen molar-refractivity contribution in [1.82, 2.24) is 0 Å². The Hall–Kier alpha value is -1.15. The lowest BCUT2D eigenvalue weighted by Crippen LogP contribution is -2.15. The molecule has 2 N–H and O–H groups in total. The maximum Gasteiger partial charge on any atom is 0.176 e. The van der Waals surface area contributed by atoms with Crippen LogP contribution in [0.15, 0.2) is 12.1 Å². The minimum Gasteiger partial charge on any atom is -0.324 e. The minimum absolute atomic E-state index is 0.0144. The van der Waals surface area contributed by atoms with Crippen molar-refractivity contribution in [3.63, 3.8) is 0 Å². The van der Waals surface area contributed by atoms with Crippen LogP contribution in [0.3, 0.4) is 0 Å². The smallest absolute Gasteiger partial charge is 0.176 e. The SMILES string of the molecule is Cc1ccc(C(=O)CN)c(C)c1C. The Kier molecular flexibility index (Phi) is 2.83. The molecule has 2 nitrogen and oxygen atoms in total. The fraction of sp³-hybridized carbons (Fsp3) is 0.364. The van der Waals surface area contributed by atoms with Crippen LogP contribution in [-0.4, -0.2) is 12.3 Å². The second kappa shape index (κ2) is 3.71. The maximum atomic E-state index is 11.4. The van der Waals surface area contributed by atoms with Gasteiger partial charge in [-0.1, -0.05) is 12.1 Å². The van der Waals surface area contributed by atoms with Gasteiger partial charge in [-0.25, -0.2) is 0 Å². The summed E-state index contributed by atoms with van der Waals surface area (Å²) < 4.78 is 0. The molecule has 70 valence electrons. The monoisotopic (exact) mass is 177 g/mol. The predicted molar refractivity (Wildman–Crippen MR) is 54.0 cm³/mol. The Morgan fingerprint density at radius 3 is 2.38 bits per heavy atom. The topological polar surface area (TPSA) is 43.1 Å². The van der Waals surface area contributed by atoms with Gasteiger partial charge in [-0.3, -0.25) is 4.79 Å². The molecule has 0 saturated heterocycles. The van der Waals surface area contributed by atoms with Crippen LogP contribution in [-0.2, 0) is 0 Å². The zero-order chi connectivity index (χ0) is 10.0. The van der Waals surface area contributed by atoms with Gasteiger partial charge in [0.15, 0.2) is 5.78 Å². The van der Waals surface area contributed by atoms with E-state index in [2.05, 4.69) is 0 Å². The van der Waals surface area contributed by atoms with Crippen LogP contribution in [0.1, 0.15) is 27.0 Å². The molecule has 0 aliphatic carbocycles. The molecule has 0 unspecified atom stereocenters. The van der Waals surface area contributed by atoms with E-state index in [0.717, 1.165) is 11.1 Å². The number of benzene rings is 1. The summed E-state index contributed by atoms with van der Waals surface area (Å²) in [6.45, 7) is 6.12. The first kappa shape index (κ1) is 9.93. The molecular weight excluding hydrogens is 162 g/mol. The Bertz CT molecular complexity index is 342. The van der Waals surface area contributed by atoms with Gasteiger partial charge < -0.3 is 5.73 Å². The second-order valence-corrected chi connectivity index (χ2v) is 3.31. The van der Waals surface area contributed by atoms with E-state index >= 15 is 0 Å². The third-order valence-corrected chi connectivity index (χ3v) is 2.54. The van der Waals surface area contributed by atoms with Crippen LogP contribution in [0, 0.1) is 20.8 Å². The molecular formula is C11H15NO. The molecule has 0 aromatic heterocycles. The van der Waals surface area contributed by atoms with Gasteiger partial charge in [0.1, 0.15) is 0 Å². The summed E-state index contributed by atoms with van der Waals surface area (Å²) in [6, 6.07) is 3.82. The van der Waals surface area contributed by atoms with Crippen molar-refractivity contribution in [3.8, 4) is 0 Å². The van der Waals surface area contributed by atoms with E-state index in [9.17, 15) is 4.79 Å². The fourth-order valence-electron chi connectivity index (χ4n) is 1.37. The van der Waals surface area contributed by atoms with E-state index in [-0.39, 0.29) is 12.3 Å². The summed E-state index contributed by atoms with van der Waals surface area (Å²) >= 11 is 0. The molecule has 0 aliphatic rings. The molecule has 0 saturated carbocycles. The van der Waals surface area contributed by atoms with Crippen molar-refractivity contribution >= 4 is 5.78 Å². The number of hydrogen-bond acceptors (Lipinski definition) is 2. The van der Waals surface area contributed by atoms with Gasteiger partial charge in [-0.2, -0.15) is 0 Å². The number of carbonyl (C=O) groups is 1. The number of hydrogen-bond donors (Lipinski definition) is 1. The molecule has 1 aromatic carbocycles. The molecule has 0 radical (unpaired) electrons.